The number of para-hydroxylation sites is 1. The van der Waals surface area contributed by atoms with Gasteiger partial charge in [-0.3, -0.25) is 4.68 Å². The van der Waals surface area contributed by atoms with Crippen molar-refractivity contribution in [3.05, 3.63) is 47.8 Å². The lowest BCUT2D eigenvalue weighted by Gasteiger charge is -2.07. The van der Waals surface area contributed by atoms with E-state index in [1.165, 1.54) is 0 Å². The topological polar surface area (TPSA) is 27.1 Å². The Labute approximate surface area is 118 Å². The summed E-state index contributed by atoms with van der Waals surface area (Å²) >= 11 is 5.57. The molecule has 98 valence electrons. The Morgan fingerprint density at radius 1 is 1.37 bits per heavy atom. The summed E-state index contributed by atoms with van der Waals surface area (Å²) in [5.41, 5.74) is 2.03. The molecular weight excluding hydrogens is 260 g/mol. The van der Waals surface area contributed by atoms with Crippen LogP contribution >= 0.6 is 11.6 Å². The van der Waals surface area contributed by atoms with E-state index in [0.717, 1.165) is 23.3 Å². The van der Waals surface area contributed by atoms with E-state index in [1.54, 1.807) is 4.68 Å². The largest absolute Gasteiger partial charge is 0.492 e. The molecule has 2 rings (SSSR count). The minimum Gasteiger partial charge on any atom is -0.492 e. The third kappa shape index (κ3) is 4.04. The first-order valence-electron chi connectivity index (χ1n) is 6.04. The maximum absolute atomic E-state index is 5.76. The van der Waals surface area contributed by atoms with Gasteiger partial charge in [0.25, 0.3) is 0 Å². The normalized spacial score (nSPS) is 9.79. The molecule has 0 bridgehead atoms. The first kappa shape index (κ1) is 13.5. The van der Waals surface area contributed by atoms with E-state index >= 15 is 0 Å². The molecular formula is C15H15ClN2O. The number of aryl methyl sites for hydroxylation is 1. The molecule has 0 amide bonds. The summed E-state index contributed by atoms with van der Waals surface area (Å²) in [5, 5.41) is 4.12. The van der Waals surface area contributed by atoms with Crippen LogP contribution in [0.2, 0.25) is 0 Å². The lowest BCUT2D eigenvalue weighted by atomic mass is 10.2. The van der Waals surface area contributed by atoms with Crippen LogP contribution in [-0.2, 0) is 13.5 Å². The molecule has 0 fully saturated rings. The summed E-state index contributed by atoms with van der Waals surface area (Å²) < 4.78 is 7.55. The van der Waals surface area contributed by atoms with Crippen molar-refractivity contribution < 1.29 is 4.74 Å². The van der Waals surface area contributed by atoms with Gasteiger partial charge in [0, 0.05) is 19.7 Å². The Bertz CT molecular complexity index is 595. The summed E-state index contributed by atoms with van der Waals surface area (Å²) in [5.74, 6) is 6.95. The number of benzene rings is 1. The van der Waals surface area contributed by atoms with Crippen LogP contribution in [0.3, 0.4) is 0 Å². The molecule has 2 aromatic rings. The standard InChI is InChI=1S/C15H15ClN2O/c1-18-12-13(11-17-18)8-10-19-15-7-3-2-5-14(15)6-4-9-16/h2-3,5,7,11-12H,8-10H2,1H3. The molecule has 0 aliphatic rings. The van der Waals surface area contributed by atoms with Crippen LogP contribution in [0.1, 0.15) is 11.1 Å². The number of halogens is 1. The van der Waals surface area contributed by atoms with Gasteiger partial charge in [-0.15, -0.1) is 11.6 Å². The number of nitrogens with zero attached hydrogens (tertiary/aromatic N) is 2. The fourth-order valence-electron chi connectivity index (χ4n) is 1.70. The van der Waals surface area contributed by atoms with Gasteiger partial charge in [-0.1, -0.05) is 24.0 Å². The molecule has 0 spiro atoms. The van der Waals surface area contributed by atoms with Gasteiger partial charge < -0.3 is 4.74 Å². The van der Waals surface area contributed by atoms with Gasteiger partial charge in [0.15, 0.2) is 0 Å². The van der Waals surface area contributed by atoms with Crippen molar-refractivity contribution in [2.24, 2.45) is 7.05 Å². The van der Waals surface area contributed by atoms with Crippen molar-refractivity contribution >= 4 is 11.6 Å². The Morgan fingerprint density at radius 2 is 2.21 bits per heavy atom. The average Bonchev–Trinajstić information content (AvgIpc) is 2.83. The number of hydrogen-bond donors (Lipinski definition) is 0. The summed E-state index contributed by atoms with van der Waals surface area (Å²) in [6.07, 6.45) is 4.66. The summed E-state index contributed by atoms with van der Waals surface area (Å²) in [4.78, 5) is 0. The van der Waals surface area contributed by atoms with Gasteiger partial charge in [0.1, 0.15) is 5.75 Å². The van der Waals surface area contributed by atoms with Crippen LogP contribution in [0, 0.1) is 11.8 Å². The molecule has 19 heavy (non-hydrogen) atoms. The fraction of sp³-hybridized carbons (Fsp3) is 0.267. The quantitative estimate of drug-likeness (QED) is 0.633. The Morgan fingerprint density at radius 3 is 2.95 bits per heavy atom. The number of rotatable bonds is 4. The molecule has 0 saturated heterocycles. The molecule has 4 heteroatoms. The molecule has 0 aliphatic carbocycles. The van der Waals surface area contributed by atoms with Gasteiger partial charge >= 0.3 is 0 Å². The number of ether oxygens (including phenoxy) is 1. The number of aromatic nitrogens is 2. The van der Waals surface area contributed by atoms with Crippen molar-refractivity contribution in [2.75, 3.05) is 12.5 Å². The lowest BCUT2D eigenvalue weighted by molar-refractivity contribution is 0.321. The smallest absolute Gasteiger partial charge is 0.134 e. The average molecular weight is 275 g/mol. The predicted molar refractivity (Wildman–Crippen MR) is 76.4 cm³/mol. The van der Waals surface area contributed by atoms with Crippen LogP contribution in [0.25, 0.3) is 0 Å². The second-order valence-corrected chi connectivity index (χ2v) is 4.32. The maximum atomic E-state index is 5.76. The predicted octanol–water partition coefficient (Wildman–Crippen LogP) is 2.63. The van der Waals surface area contributed by atoms with Crippen molar-refractivity contribution in [1.82, 2.24) is 9.78 Å². The summed E-state index contributed by atoms with van der Waals surface area (Å²) in [6, 6.07) is 7.72. The Hall–Kier alpha value is -1.92. The molecule has 0 atom stereocenters. The Kier molecular flexibility index (Phi) is 4.88. The van der Waals surface area contributed by atoms with E-state index in [1.807, 2.05) is 43.7 Å². The highest BCUT2D eigenvalue weighted by Gasteiger charge is 2.01. The molecule has 0 saturated carbocycles. The monoisotopic (exact) mass is 274 g/mol. The first-order chi connectivity index (χ1) is 9.29. The van der Waals surface area contributed by atoms with Gasteiger partial charge in [-0.05, 0) is 17.7 Å². The molecule has 0 radical (unpaired) electrons. The molecule has 1 aromatic heterocycles. The van der Waals surface area contributed by atoms with Crippen LogP contribution in [0.4, 0.5) is 0 Å². The van der Waals surface area contributed by atoms with E-state index in [4.69, 9.17) is 16.3 Å². The van der Waals surface area contributed by atoms with Crippen LogP contribution in [0.5, 0.6) is 5.75 Å². The van der Waals surface area contributed by atoms with Crippen LogP contribution < -0.4 is 4.74 Å². The van der Waals surface area contributed by atoms with Gasteiger partial charge in [-0.25, -0.2) is 0 Å². The van der Waals surface area contributed by atoms with E-state index in [2.05, 4.69) is 16.9 Å². The van der Waals surface area contributed by atoms with E-state index in [9.17, 15) is 0 Å². The third-order valence-corrected chi connectivity index (χ3v) is 2.72. The molecule has 0 N–H and O–H groups in total. The first-order valence-corrected chi connectivity index (χ1v) is 6.57. The number of hydrogen-bond acceptors (Lipinski definition) is 2. The van der Waals surface area contributed by atoms with Crippen LogP contribution in [0.15, 0.2) is 36.7 Å². The second-order valence-electron chi connectivity index (χ2n) is 4.05. The highest BCUT2D eigenvalue weighted by atomic mass is 35.5. The van der Waals surface area contributed by atoms with Gasteiger partial charge in [-0.2, -0.15) is 5.10 Å². The highest BCUT2D eigenvalue weighted by molar-refractivity contribution is 6.19. The maximum Gasteiger partial charge on any atom is 0.134 e. The van der Waals surface area contributed by atoms with Crippen molar-refractivity contribution in [3.8, 4) is 17.6 Å². The molecule has 3 nitrogen and oxygen atoms in total. The zero-order valence-corrected chi connectivity index (χ0v) is 11.5. The van der Waals surface area contributed by atoms with E-state index in [-0.39, 0.29) is 0 Å². The zero-order chi connectivity index (χ0) is 13.5. The van der Waals surface area contributed by atoms with Crippen molar-refractivity contribution in [1.29, 1.82) is 0 Å². The second kappa shape index (κ2) is 6.86. The molecule has 0 aliphatic heterocycles. The van der Waals surface area contributed by atoms with Gasteiger partial charge in [0.05, 0.1) is 24.2 Å². The number of alkyl halides is 1. The minimum atomic E-state index is 0.323. The zero-order valence-electron chi connectivity index (χ0n) is 10.8. The lowest BCUT2D eigenvalue weighted by Crippen LogP contribution is -2.02. The molecule has 0 unspecified atom stereocenters. The molecule has 1 aromatic carbocycles. The van der Waals surface area contributed by atoms with E-state index < -0.39 is 0 Å². The van der Waals surface area contributed by atoms with E-state index in [0.29, 0.717) is 12.5 Å². The van der Waals surface area contributed by atoms with Crippen molar-refractivity contribution in [2.45, 2.75) is 6.42 Å². The van der Waals surface area contributed by atoms with Crippen molar-refractivity contribution in [3.63, 3.8) is 0 Å². The minimum absolute atomic E-state index is 0.323. The van der Waals surface area contributed by atoms with Gasteiger partial charge in [0.2, 0.25) is 0 Å². The van der Waals surface area contributed by atoms with Crippen LogP contribution in [-0.4, -0.2) is 22.3 Å². The highest BCUT2D eigenvalue weighted by Crippen LogP contribution is 2.17. The summed E-state index contributed by atoms with van der Waals surface area (Å²) in [7, 11) is 1.90. The Balaban J connectivity index is 1.95. The molecule has 1 heterocycles. The fourth-order valence-corrected chi connectivity index (χ4v) is 1.77. The SMILES string of the molecule is Cn1cc(CCOc2ccccc2C#CCCl)cn1. The summed E-state index contributed by atoms with van der Waals surface area (Å²) in [6.45, 7) is 0.602. The third-order valence-electron chi connectivity index (χ3n) is 2.58.